The Bertz CT molecular complexity index is 430. The molecule has 0 rings (SSSR count). The summed E-state index contributed by atoms with van der Waals surface area (Å²) in [6.07, 6.45) is 2.05. The highest BCUT2D eigenvalue weighted by Gasteiger charge is 2.33. The van der Waals surface area contributed by atoms with Crippen LogP contribution in [-0.4, -0.2) is 64.7 Å². The fourth-order valence-electron chi connectivity index (χ4n) is 2.40. The number of nitrogens with zero attached hydrogens (tertiary/aromatic N) is 4. The molecule has 0 saturated carbocycles. The SMILES string of the molecule is CC.CCCOCC(COCCC#N)(COCCC#N)CN(C)CCC#N. The molecule has 0 radical (unpaired) electrons. The molecule has 7 nitrogen and oxygen atoms in total. The van der Waals surface area contributed by atoms with Gasteiger partial charge in [-0.1, -0.05) is 20.8 Å². The van der Waals surface area contributed by atoms with Crippen molar-refractivity contribution in [2.75, 3.05) is 59.8 Å². The van der Waals surface area contributed by atoms with E-state index in [0.29, 0.717) is 72.0 Å². The quantitative estimate of drug-likeness (QED) is 0.379. The Hall–Kier alpha value is -1.69. The zero-order valence-electron chi connectivity index (χ0n) is 17.5. The summed E-state index contributed by atoms with van der Waals surface area (Å²) < 4.78 is 17.2. The maximum atomic E-state index is 8.78. The summed E-state index contributed by atoms with van der Waals surface area (Å²) in [7, 11) is 1.95. The Morgan fingerprint density at radius 1 is 0.778 bits per heavy atom. The van der Waals surface area contributed by atoms with Gasteiger partial charge in [0, 0.05) is 26.1 Å². The minimum absolute atomic E-state index is 0.339. The first-order chi connectivity index (χ1) is 13.1. The molecule has 0 aromatic rings. The average Bonchev–Trinajstić information content (AvgIpc) is 2.69. The van der Waals surface area contributed by atoms with Crippen molar-refractivity contribution in [1.82, 2.24) is 4.90 Å². The summed E-state index contributed by atoms with van der Waals surface area (Å²) in [5.74, 6) is 0. The molecule has 0 aromatic carbocycles. The lowest BCUT2D eigenvalue weighted by Gasteiger charge is -2.36. The summed E-state index contributed by atoms with van der Waals surface area (Å²) in [6, 6.07) is 6.28. The van der Waals surface area contributed by atoms with Gasteiger partial charge in [-0.2, -0.15) is 15.8 Å². The number of rotatable bonds is 16. The molecule has 0 aromatic heterocycles. The molecular weight excluding hydrogens is 344 g/mol. The maximum Gasteiger partial charge on any atom is 0.0645 e. The average molecular weight is 381 g/mol. The van der Waals surface area contributed by atoms with Gasteiger partial charge in [0.15, 0.2) is 0 Å². The monoisotopic (exact) mass is 380 g/mol. The van der Waals surface area contributed by atoms with Gasteiger partial charge >= 0.3 is 0 Å². The molecule has 0 bridgehead atoms. The van der Waals surface area contributed by atoms with Gasteiger partial charge < -0.3 is 19.1 Å². The second-order valence-electron chi connectivity index (χ2n) is 6.12. The minimum atomic E-state index is -0.399. The smallest absolute Gasteiger partial charge is 0.0645 e. The normalized spacial score (nSPS) is 10.4. The van der Waals surface area contributed by atoms with Gasteiger partial charge in [0.2, 0.25) is 0 Å². The molecule has 0 saturated heterocycles. The van der Waals surface area contributed by atoms with Gasteiger partial charge in [0.1, 0.15) is 0 Å². The summed E-state index contributed by atoms with van der Waals surface area (Å²) in [6.45, 7) is 10.0. The first kappa shape index (κ1) is 27.5. The molecule has 154 valence electrons. The third kappa shape index (κ3) is 16.2. The standard InChI is InChI=1S/C18H30N4O3.C2H6/c1-3-11-23-15-18(16-24-12-5-8-20,17-25-13-6-9-21)14-22(2)10-4-7-19;1-2/h3-6,10-17H2,1-2H3;1-2H3. The predicted molar refractivity (Wildman–Crippen MR) is 105 cm³/mol. The number of hydrogen-bond donors (Lipinski definition) is 0. The highest BCUT2D eigenvalue weighted by Crippen LogP contribution is 2.22. The molecule has 0 N–H and O–H groups in total. The van der Waals surface area contributed by atoms with Crippen molar-refractivity contribution < 1.29 is 14.2 Å². The number of ether oxygens (including phenoxy) is 3. The molecule has 0 heterocycles. The van der Waals surface area contributed by atoms with Crippen LogP contribution in [0, 0.1) is 39.4 Å². The lowest BCUT2D eigenvalue weighted by Crippen LogP contribution is -2.46. The summed E-state index contributed by atoms with van der Waals surface area (Å²) >= 11 is 0. The van der Waals surface area contributed by atoms with Gasteiger partial charge in [-0.05, 0) is 13.5 Å². The van der Waals surface area contributed by atoms with E-state index < -0.39 is 5.41 Å². The first-order valence-electron chi connectivity index (χ1n) is 9.66. The molecule has 0 amide bonds. The Morgan fingerprint density at radius 3 is 1.63 bits per heavy atom. The van der Waals surface area contributed by atoms with Crippen molar-refractivity contribution in [2.45, 2.75) is 46.5 Å². The topological polar surface area (TPSA) is 102 Å². The molecular formula is C20H36N4O3. The van der Waals surface area contributed by atoms with Crippen molar-refractivity contribution >= 4 is 0 Å². The van der Waals surface area contributed by atoms with Crippen LogP contribution in [0.25, 0.3) is 0 Å². The number of nitriles is 3. The fourth-order valence-corrected chi connectivity index (χ4v) is 2.40. The second-order valence-corrected chi connectivity index (χ2v) is 6.12. The van der Waals surface area contributed by atoms with Gasteiger partial charge in [-0.15, -0.1) is 0 Å². The fraction of sp³-hybridized carbons (Fsp3) is 0.850. The van der Waals surface area contributed by atoms with Crippen LogP contribution in [0.1, 0.15) is 46.5 Å². The molecule has 0 atom stereocenters. The highest BCUT2D eigenvalue weighted by molar-refractivity contribution is 4.84. The lowest BCUT2D eigenvalue weighted by molar-refractivity contribution is -0.0795. The van der Waals surface area contributed by atoms with Gasteiger partial charge in [-0.25, -0.2) is 0 Å². The summed E-state index contributed by atoms with van der Waals surface area (Å²) in [5, 5.41) is 26.1. The van der Waals surface area contributed by atoms with Crippen molar-refractivity contribution in [3.63, 3.8) is 0 Å². The van der Waals surface area contributed by atoms with Crippen LogP contribution < -0.4 is 0 Å². The Labute approximate surface area is 165 Å². The predicted octanol–water partition coefficient (Wildman–Crippen LogP) is 3.13. The molecule has 0 aliphatic rings. The lowest BCUT2D eigenvalue weighted by atomic mass is 9.90. The van der Waals surface area contributed by atoms with E-state index in [1.165, 1.54) is 0 Å². The van der Waals surface area contributed by atoms with E-state index in [9.17, 15) is 0 Å². The van der Waals surface area contributed by atoms with Crippen LogP contribution >= 0.6 is 0 Å². The van der Waals surface area contributed by atoms with Gasteiger partial charge in [0.05, 0.1) is 69.5 Å². The first-order valence-corrected chi connectivity index (χ1v) is 9.66. The van der Waals surface area contributed by atoms with Crippen molar-refractivity contribution in [1.29, 1.82) is 15.8 Å². The van der Waals surface area contributed by atoms with Crippen molar-refractivity contribution in [2.24, 2.45) is 5.41 Å². The Kier molecular flexibility index (Phi) is 21.0. The third-order valence-electron chi connectivity index (χ3n) is 3.50. The zero-order valence-corrected chi connectivity index (χ0v) is 17.5. The number of hydrogen-bond acceptors (Lipinski definition) is 7. The maximum absolute atomic E-state index is 8.78. The Morgan fingerprint density at radius 2 is 1.22 bits per heavy atom. The van der Waals surface area contributed by atoms with E-state index >= 15 is 0 Å². The zero-order chi connectivity index (χ0) is 20.8. The molecule has 0 fully saturated rings. The van der Waals surface area contributed by atoms with E-state index in [-0.39, 0.29) is 0 Å². The second kappa shape index (κ2) is 20.6. The van der Waals surface area contributed by atoms with Crippen molar-refractivity contribution in [3.8, 4) is 18.2 Å². The van der Waals surface area contributed by atoms with Gasteiger partial charge in [0.25, 0.3) is 0 Å². The van der Waals surface area contributed by atoms with Crippen LogP contribution in [0.4, 0.5) is 0 Å². The molecule has 0 unspecified atom stereocenters. The van der Waals surface area contributed by atoms with Crippen LogP contribution in [0.3, 0.4) is 0 Å². The van der Waals surface area contributed by atoms with E-state index in [1.807, 2.05) is 27.8 Å². The summed E-state index contributed by atoms with van der Waals surface area (Å²) in [5.41, 5.74) is -0.399. The van der Waals surface area contributed by atoms with E-state index in [0.717, 1.165) is 6.42 Å². The molecule has 0 aliphatic heterocycles. The largest absolute Gasteiger partial charge is 0.381 e. The minimum Gasteiger partial charge on any atom is -0.381 e. The molecule has 0 spiro atoms. The van der Waals surface area contributed by atoms with Crippen molar-refractivity contribution in [3.05, 3.63) is 0 Å². The van der Waals surface area contributed by atoms with Crippen LogP contribution in [0.5, 0.6) is 0 Å². The molecule has 0 aliphatic carbocycles. The third-order valence-corrected chi connectivity index (χ3v) is 3.50. The van der Waals surface area contributed by atoms with Crippen LogP contribution in [0.15, 0.2) is 0 Å². The van der Waals surface area contributed by atoms with E-state index in [1.54, 1.807) is 0 Å². The van der Waals surface area contributed by atoms with E-state index in [4.69, 9.17) is 30.0 Å². The molecule has 7 heteroatoms. The Balaban J connectivity index is 0. The van der Waals surface area contributed by atoms with Crippen LogP contribution in [-0.2, 0) is 14.2 Å². The highest BCUT2D eigenvalue weighted by atomic mass is 16.5. The van der Waals surface area contributed by atoms with E-state index in [2.05, 4.69) is 23.1 Å². The summed E-state index contributed by atoms with van der Waals surface area (Å²) in [4.78, 5) is 2.07. The molecule has 27 heavy (non-hydrogen) atoms. The van der Waals surface area contributed by atoms with Gasteiger partial charge in [-0.3, -0.25) is 0 Å². The van der Waals surface area contributed by atoms with Crippen LogP contribution in [0.2, 0.25) is 0 Å².